The molecule has 0 heterocycles. The van der Waals surface area contributed by atoms with Crippen LogP contribution < -0.4 is 9.47 Å². The maximum absolute atomic E-state index is 10.9. The molecule has 0 aliphatic carbocycles. The van der Waals surface area contributed by atoms with Crippen LogP contribution in [0.25, 0.3) is 10.8 Å². The molecular formula is C19H24O3. The second kappa shape index (κ2) is 6.39. The fourth-order valence-corrected chi connectivity index (χ4v) is 2.78. The van der Waals surface area contributed by atoms with Crippen molar-refractivity contribution in [3.8, 4) is 11.5 Å². The summed E-state index contributed by atoms with van der Waals surface area (Å²) in [4.78, 5) is 10.9. The lowest BCUT2D eigenvalue weighted by atomic mass is 9.86. The first-order valence-electron chi connectivity index (χ1n) is 7.57. The molecule has 3 nitrogen and oxygen atoms in total. The van der Waals surface area contributed by atoms with Crippen LogP contribution in [0.3, 0.4) is 0 Å². The predicted molar refractivity (Wildman–Crippen MR) is 89.7 cm³/mol. The molecule has 0 amide bonds. The summed E-state index contributed by atoms with van der Waals surface area (Å²) in [5.74, 6) is 1.19. The maximum Gasteiger partial charge on any atom is 0.298 e. The normalized spacial score (nSPS) is 11.5. The molecule has 0 aliphatic heterocycles. The molecule has 0 bridgehead atoms. The zero-order valence-electron chi connectivity index (χ0n) is 14.0. The molecule has 2 aromatic rings. The topological polar surface area (TPSA) is 35.5 Å². The van der Waals surface area contributed by atoms with Gasteiger partial charge in [0.1, 0.15) is 0 Å². The van der Waals surface area contributed by atoms with Gasteiger partial charge in [0.2, 0.25) is 0 Å². The van der Waals surface area contributed by atoms with Gasteiger partial charge in [-0.25, -0.2) is 0 Å². The summed E-state index contributed by atoms with van der Waals surface area (Å²) in [6.07, 6.45) is 1.92. The van der Waals surface area contributed by atoms with E-state index in [1.165, 1.54) is 5.56 Å². The third-order valence-electron chi connectivity index (χ3n) is 4.00. The highest BCUT2D eigenvalue weighted by Gasteiger charge is 2.21. The first-order chi connectivity index (χ1) is 10.4. The number of benzene rings is 2. The van der Waals surface area contributed by atoms with Crippen molar-refractivity contribution in [1.29, 1.82) is 0 Å². The van der Waals surface area contributed by atoms with Gasteiger partial charge in [-0.15, -0.1) is 0 Å². The van der Waals surface area contributed by atoms with E-state index in [1.54, 1.807) is 7.11 Å². The first-order valence-corrected chi connectivity index (χ1v) is 7.57. The van der Waals surface area contributed by atoms with Crippen LogP contribution in [0.4, 0.5) is 0 Å². The largest absolute Gasteiger partial charge is 0.493 e. The molecule has 0 N–H and O–H groups in total. The number of rotatable bonds is 5. The van der Waals surface area contributed by atoms with E-state index in [0.717, 1.165) is 29.2 Å². The highest BCUT2D eigenvalue weighted by Crippen LogP contribution is 2.42. The zero-order chi connectivity index (χ0) is 16.3. The van der Waals surface area contributed by atoms with Gasteiger partial charge in [-0.2, -0.15) is 0 Å². The summed E-state index contributed by atoms with van der Waals surface area (Å²) in [7, 11) is 1.63. The average Bonchev–Trinajstić information content (AvgIpc) is 2.47. The first kappa shape index (κ1) is 16.3. The number of methoxy groups -OCH3 is 1. The Bertz CT molecular complexity index is 681. The standard InChI is InChI=1S/C19H24O3/c1-13-14-8-6-7-9-16(14)18(22-12-20)17(21-5)15(13)10-11-19(2,3)4/h6-9,12H,10-11H2,1-5H3. The molecule has 0 saturated carbocycles. The lowest BCUT2D eigenvalue weighted by molar-refractivity contribution is -0.120. The number of ether oxygens (including phenoxy) is 2. The maximum atomic E-state index is 10.9. The Morgan fingerprint density at radius 2 is 1.73 bits per heavy atom. The lowest BCUT2D eigenvalue weighted by Gasteiger charge is -2.22. The Hall–Kier alpha value is -2.03. The zero-order valence-corrected chi connectivity index (χ0v) is 14.0. The third-order valence-corrected chi connectivity index (χ3v) is 4.00. The van der Waals surface area contributed by atoms with Crippen molar-refractivity contribution in [2.75, 3.05) is 7.11 Å². The van der Waals surface area contributed by atoms with Crippen molar-refractivity contribution in [2.45, 2.75) is 40.5 Å². The Morgan fingerprint density at radius 1 is 1.09 bits per heavy atom. The Kier molecular flexibility index (Phi) is 4.74. The Balaban J connectivity index is 2.67. The Labute approximate surface area is 132 Å². The van der Waals surface area contributed by atoms with Crippen LogP contribution in [0.15, 0.2) is 24.3 Å². The number of carbonyl (C=O) groups is 1. The molecule has 0 aliphatic rings. The molecule has 0 saturated heterocycles. The van der Waals surface area contributed by atoms with E-state index in [0.29, 0.717) is 18.0 Å². The summed E-state index contributed by atoms with van der Waals surface area (Å²) in [6.45, 7) is 9.23. The minimum atomic E-state index is 0.231. The van der Waals surface area contributed by atoms with Crippen LogP contribution in [0.2, 0.25) is 0 Å². The van der Waals surface area contributed by atoms with Gasteiger partial charge in [-0.05, 0) is 36.1 Å². The molecule has 0 atom stereocenters. The number of fused-ring (bicyclic) bond motifs is 1. The minimum absolute atomic E-state index is 0.231. The number of hydrogen-bond donors (Lipinski definition) is 0. The summed E-state index contributed by atoms with van der Waals surface area (Å²) in [5.41, 5.74) is 2.54. The molecule has 118 valence electrons. The SMILES string of the molecule is COc1c(CCC(C)(C)C)c(C)c2ccccc2c1OC=O. The van der Waals surface area contributed by atoms with E-state index < -0.39 is 0 Å². The quantitative estimate of drug-likeness (QED) is 0.753. The van der Waals surface area contributed by atoms with Crippen LogP contribution >= 0.6 is 0 Å². The second-order valence-corrected chi connectivity index (χ2v) is 6.79. The summed E-state index contributed by atoms with van der Waals surface area (Å²) >= 11 is 0. The van der Waals surface area contributed by atoms with E-state index in [2.05, 4.69) is 33.8 Å². The number of carbonyl (C=O) groups excluding carboxylic acids is 1. The van der Waals surface area contributed by atoms with Crippen molar-refractivity contribution in [3.63, 3.8) is 0 Å². The van der Waals surface area contributed by atoms with Gasteiger partial charge in [-0.1, -0.05) is 45.0 Å². The molecule has 2 aromatic carbocycles. The predicted octanol–water partition coefficient (Wildman–Crippen LogP) is 4.67. The van der Waals surface area contributed by atoms with Crippen LogP contribution in [0, 0.1) is 12.3 Å². The van der Waals surface area contributed by atoms with E-state index in [9.17, 15) is 4.79 Å². The van der Waals surface area contributed by atoms with Crippen molar-refractivity contribution in [3.05, 3.63) is 35.4 Å². The molecule has 0 spiro atoms. The highest BCUT2D eigenvalue weighted by atomic mass is 16.5. The lowest BCUT2D eigenvalue weighted by Crippen LogP contribution is -2.09. The molecule has 0 fully saturated rings. The van der Waals surface area contributed by atoms with E-state index in [4.69, 9.17) is 9.47 Å². The fraction of sp³-hybridized carbons (Fsp3) is 0.421. The van der Waals surface area contributed by atoms with Crippen molar-refractivity contribution >= 4 is 17.2 Å². The molecule has 0 unspecified atom stereocenters. The summed E-state index contributed by atoms with van der Waals surface area (Å²) in [6, 6.07) is 7.95. The minimum Gasteiger partial charge on any atom is -0.493 e. The average molecular weight is 300 g/mol. The highest BCUT2D eigenvalue weighted by molar-refractivity contribution is 5.95. The van der Waals surface area contributed by atoms with E-state index >= 15 is 0 Å². The monoisotopic (exact) mass is 300 g/mol. The molecule has 2 rings (SSSR count). The molecule has 0 radical (unpaired) electrons. The third kappa shape index (κ3) is 3.24. The molecular weight excluding hydrogens is 276 g/mol. The van der Waals surface area contributed by atoms with Crippen LogP contribution in [0.1, 0.15) is 38.3 Å². The van der Waals surface area contributed by atoms with Crippen molar-refractivity contribution < 1.29 is 14.3 Å². The number of hydrogen-bond acceptors (Lipinski definition) is 3. The van der Waals surface area contributed by atoms with E-state index in [-0.39, 0.29) is 5.41 Å². The fourth-order valence-electron chi connectivity index (χ4n) is 2.78. The van der Waals surface area contributed by atoms with Gasteiger partial charge in [0.15, 0.2) is 11.5 Å². The van der Waals surface area contributed by atoms with Gasteiger partial charge in [0.25, 0.3) is 6.47 Å². The van der Waals surface area contributed by atoms with Crippen LogP contribution in [-0.4, -0.2) is 13.6 Å². The van der Waals surface area contributed by atoms with Gasteiger partial charge >= 0.3 is 0 Å². The Morgan fingerprint density at radius 3 is 2.27 bits per heavy atom. The summed E-state index contributed by atoms with van der Waals surface area (Å²) in [5, 5.41) is 2.01. The molecule has 22 heavy (non-hydrogen) atoms. The van der Waals surface area contributed by atoms with Gasteiger partial charge in [0.05, 0.1) is 7.11 Å². The van der Waals surface area contributed by atoms with Crippen LogP contribution in [0.5, 0.6) is 11.5 Å². The van der Waals surface area contributed by atoms with Gasteiger partial charge in [-0.3, -0.25) is 4.79 Å². The van der Waals surface area contributed by atoms with Crippen molar-refractivity contribution in [1.82, 2.24) is 0 Å². The number of aryl methyl sites for hydroxylation is 1. The van der Waals surface area contributed by atoms with Crippen LogP contribution in [-0.2, 0) is 11.2 Å². The van der Waals surface area contributed by atoms with Gasteiger partial charge < -0.3 is 9.47 Å². The molecule has 0 aromatic heterocycles. The van der Waals surface area contributed by atoms with E-state index in [1.807, 2.05) is 18.2 Å². The smallest absolute Gasteiger partial charge is 0.298 e. The molecule has 3 heteroatoms. The summed E-state index contributed by atoms with van der Waals surface area (Å²) < 4.78 is 10.9. The van der Waals surface area contributed by atoms with Crippen molar-refractivity contribution in [2.24, 2.45) is 5.41 Å². The second-order valence-electron chi connectivity index (χ2n) is 6.79. The van der Waals surface area contributed by atoms with Gasteiger partial charge in [0, 0.05) is 10.9 Å².